The summed E-state index contributed by atoms with van der Waals surface area (Å²) >= 11 is 0. The first-order valence-corrected chi connectivity index (χ1v) is 3.94. The van der Waals surface area contributed by atoms with E-state index in [-0.39, 0.29) is 0 Å². The van der Waals surface area contributed by atoms with Gasteiger partial charge in [0.25, 0.3) is 0 Å². The van der Waals surface area contributed by atoms with Crippen LogP contribution in [0.1, 0.15) is 13.3 Å². The smallest absolute Gasteiger partial charge is 0.109 e. The van der Waals surface area contributed by atoms with E-state index in [9.17, 15) is 14.4 Å². The molecule has 0 aliphatic carbocycles. The Bertz CT molecular complexity index is 109. The van der Waals surface area contributed by atoms with Crippen LogP contribution in [0.5, 0.6) is 0 Å². The molecule has 3 N–H and O–H groups in total. The summed E-state index contributed by atoms with van der Waals surface area (Å²) in [5, 5.41) is 0. The molecule has 5 heteroatoms. The van der Waals surface area contributed by atoms with Gasteiger partial charge in [0, 0.05) is 6.42 Å². The molecule has 0 spiro atoms. The first-order chi connectivity index (χ1) is 3.48. The van der Waals surface area contributed by atoms with E-state index < -0.39 is 13.4 Å². The Morgan fingerprint density at radius 1 is 1.75 bits per heavy atom. The van der Waals surface area contributed by atoms with Gasteiger partial charge in [0.2, 0.25) is 0 Å². The number of quaternary nitrogens is 1. The van der Waals surface area contributed by atoms with Gasteiger partial charge in [-0.05, 0) is 7.60 Å². The summed E-state index contributed by atoms with van der Waals surface area (Å²) in [4.78, 5) is 19.9. The Morgan fingerprint density at radius 2 is 2.12 bits per heavy atom. The minimum absolute atomic E-state index is 0.296. The Hall–Kier alpha value is 0.110. The van der Waals surface area contributed by atoms with Gasteiger partial charge < -0.3 is 20.1 Å². The molecule has 0 aliphatic heterocycles. The van der Waals surface area contributed by atoms with E-state index in [1.165, 1.54) is 0 Å². The predicted molar refractivity (Wildman–Crippen MR) is 24.6 cm³/mol. The second kappa shape index (κ2) is 2.60. The third-order valence-electron chi connectivity index (χ3n) is 0.918. The highest BCUT2D eigenvalue weighted by Crippen LogP contribution is 2.27. The molecule has 0 saturated heterocycles. The zero-order valence-electron chi connectivity index (χ0n) is 4.66. The molecule has 1 atom stereocenters. The molecule has 0 aromatic rings. The quantitative estimate of drug-likeness (QED) is 0.442. The van der Waals surface area contributed by atoms with Gasteiger partial charge in [0.15, 0.2) is 0 Å². The van der Waals surface area contributed by atoms with Crippen LogP contribution < -0.4 is 15.5 Å². The average molecular weight is 138 g/mol. The topological polar surface area (TPSA) is 90.8 Å². The molecule has 0 bridgehead atoms. The van der Waals surface area contributed by atoms with Crippen molar-refractivity contribution >= 4 is 7.60 Å². The molecule has 0 aromatic carbocycles. The monoisotopic (exact) mass is 138 g/mol. The minimum atomic E-state index is -4.37. The van der Waals surface area contributed by atoms with E-state index in [0.29, 0.717) is 6.42 Å². The average Bonchev–Trinajstić information content (AvgIpc) is 1.62. The van der Waals surface area contributed by atoms with E-state index in [4.69, 9.17) is 0 Å². The Morgan fingerprint density at radius 3 is 2.12 bits per heavy atom. The second-order valence-corrected chi connectivity index (χ2v) is 3.41. The third-order valence-corrected chi connectivity index (χ3v) is 2.18. The van der Waals surface area contributed by atoms with E-state index in [1.54, 1.807) is 6.92 Å². The molecule has 0 aliphatic rings. The summed E-state index contributed by atoms with van der Waals surface area (Å²) in [6, 6.07) is 0. The fourth-order valence-electron chi connectivity index (χ4n) is 0.224. The maximum Gasteiger partial charge on any atom is 0.109 e. The maximum absolute atomic E-state index is 9.97. The van der Waals surface area contributed by atoms with Gasteiger partial charge in [0.05, 0.1) is 0 Å². The molecule has 8 heavy (non-hydrogen) atoms. The minimum Gasteiger partial charge on any atom is -0.807 e. The second-order valence-electron chi connectivity index (χ2n) is 1.60. The van der Waals surface area contributed by atoms with Crippen LogP contribution in [0.15, 0.2) is 0 Å². The van der Waals surface area contributed by atoms with Crippen LogP contribution in [-0.4, -0.2) is 5.78 Å². The van der Waals surface area contributed by atoms with Crippen LogP contribution in [0.2, 0.25) is 0 Å². The fourth-order valence-corrected chi connectivity index (χ4v) is 0.671. The van der Waals surface area contributed by atoms with E-state index in [2.05, 4.69) is 5.73 Å². The lowest BCUT2D eigenvalue weighted by atomic mass is 10.5. The zero-order chi connectivity index (χ0) is 6.78. The van der Waals surface area contributed by atoms with Gasteiger partial charge in [-0.25, -0.2) is 0 Å². The van der Waals surface area contributed by atoms with Crippen LogP contribution >= 0.6 is 7.60 Å². The van der Waals surface area contributed by atoms with E-state index in [1.807, 2.05) is 0 Å². The molecule has 50 valence electrons. The molecule has 0 heterocycles. The van der Waals surface area contributed by atoms with Gasteiger partial charge in [0.1, 0.15) is 5.78 Å². The molecular formula is C3H9NO3P-. The molecule has 4 nitrogen and oxygen atoms in total. The highest BCUT2D eigenvalue weighted by molar-refractivity contribution is 7.49. The largest absolute Gasteiger partial charge is 0.807 e. The highest BCUT2D eigenvalue weighted by Gasteiger charge is 2.05. The summed E-state index contributed by atoms with van der Waals surface area (Å²) in [6.45, 7) is 1.61. The van der Waals surface area contributed by atoms with Crippen molar-refractivity contribution < 1.29 is 20.1 Å². The van der Waals surface area contributed by atoms with Crippen molar-refractivity contribution in [3.05, 3.63) is 0 Å². The van der Waals surface area contributed by atoms with Crippen LogP contribution in [0.4, 0.5) is 0 Å². The van der Waals surface area contributed by atoms with Crippen molar-refractivity contribution in [2.45, 2.75) is 19.1 Å². The number of rotatable bonds is 2. The first-order valence-electron chi connectivity index (χ1n) is 2.33. The lowest BCUT2D eigenvalue weighted by molar-refractivity contribution is -0.429. The number of hydrogen-bond acceptors (Lipinski definition) is 3. The normalized spacial score (nSPS) is 16.0. The van der Waals surface area contributed by atoms with Gasteiger partial charge in [-0.15, -0.1) is 0 Å². The predicted octanol–water partition coefficient (Wildman–Crippen LogP) is -2.12. The molecule has 0 rings (SSSR count). The molecule has 0 unspecified atom stereocenters. The zero-order valence-corrected chi connectivity index (χ0v) is 5.56. The molecule has 0 radical (unpaired) electrons. The van der Waals surface area contributed by atoms with Crippen molar-refractivity contribution in [1.82, 2.24) is 0 Å². The van der Waals surface area contributed by atoms with Crippen LogP contribution in [0.25, 0.3) is 0 Å². The van der Waals surface area contributed by atoms with E-state index in [0.717, 1.165) is 0 Å². The fraction of sp³-hybridized carbons (Fsp3) is 1.00. The third kappa shape index (κ3) is 2.43. The van der Waals surface area contributed by atoms with Crippen molar-refractivity contribution in [2.24, 2.45) is 0 Å². The SMILES string of the molecule is CC[C@H]([NH3+])P(=O)([O-])[O-]. The Labute approximate surface area is 47.9 Å². The van der Waals surface area contributed by atoms with Crippen LogP contribution in [-0.2, 0) is 4.57 Å². The first kappa shape index (κ1) is 8.11. The maximum atomic E-state index is 9.97. The van der Waals surface area contributed by atoms with Crippen LogP contribution in [0, 0.1) is 0 Å². The molecule has 0 amide bonds. The summed E-state index contributed by atoms with van der Waals surface area (Å²) < 4.78 is 9.97. The summed E-state index contributed by atoms with van der Waals surface area (Å²) in [6.07, 6.45) is 0.296. The molecule has 0 aromatic heterocycles. The number of hydrogen-bond donors (Lipinski definition) is 1. The van der Waals surface area contributed by atoms with Gasteiger partial charge in [-0.2, -0.15) is 0 Å². The lowest BCUT2D eigenvalue weighted by Crippen LogP contribution is -2.63. The van der Waals surface area contributed by atoms with Crippen molar-refractivity contribution in [3.63, 3.8) is 0 Å². The van der Waals surface area contributed by atoms with E-state index >= 15 is 0 Å². The van der Waals surface area contributed by atoms with Crippen LogP contribution in [0.3, 0.4) is 0 Å². The lowest BCUT2D eigenvalue weighted by Gasteiger charge is -2.31. The Kier molecular flexibility index (Phi) is 2.63. The summed E-state index contributed by atoms with van der Waals surface area (Å²) in [7, 11) is -4.37. The van der Waals surface area contributed by atoms with Gasteiger partial charge in [-0.3, -0.25) is 0 Å². The Balaban J connectivity index is 3.82. The highest BCUT2D eigenvalue weighted by atomic mass is 31.2. The summed E-state index contributed by atoms with van der Waals surface area (Å²) in [5.74, 6) is -0.956. The molecule has 0 fully saturated rings. The summed E-state index contributed by atoms with van der Waals surface area (Å²) in [5.41, 5.74) is 3.14. The van der Waals surface area contributed by atoms with Gasteiger partial charge >= 0.3 is 0 Å². The van der Waals surface area contributed by atoms with Gasteiger partial charge in [-0.1, -0.05) is 6.92 Å². The standard InChI is InChI=1S/C3H10NO3P/c1-2-3(4)8(5,6)7/h3H,2,4H2,1H3,(H2,5,6,7)/p-1/t3-/m1/s1. The molecular weight excluding hydrogens is 129 g/mol. The van der Waals surface area contributed by atoms with Crippen molar-refractivity contribution in [2.75, 3.05) is 0 Å². The van der Waals surface area contributed by atoms with Crippen molar-refractivity contribution in [1.29, 1.82) is 0 Å². The molecule has 0 saturated carbocycles. The van der Waals surface area contributed by atoms with Crippen molar-refractivity contribution in [3.8, 4) is 0 Å².